The minimum atomic E-state index is -0.437. The van der Waals surface area contributed by atoms with Gasteiger partial charge in [0.25, 0.3) is 5.91 Å². The van der Waals surface area contributed by atoms with Crippen LogP contribution in [0.1, 0.15) is 21.7 Å². The van der Waals surface area contributed by atoms with Crippen molar-refractivity contribution >= 4 is 40.6 Å². The lowest BCUT2D eigenvalue weighted by atomic mass is 10.2. The fourth-order valence-corrected chi connectivity index (χ4v) is 3.80. The normalized spacial score (nSPS) is 11.3. The maximum Gasteiger partial charge on any atom is 0.277 e. The van der Waals surface area contributed by atoms with Crippen LogP contribution in [0, 0.1) is 6.92 Å². The molecule has 5 rings (SSSR count). The molecule has 33 heavy (non-hydrogen) atoms. The predicted molar refractivity (Wildman–Crippen MR) is 126 cm³/mol. The molecule has 4 aromatic heterocycles. The number of halogens is 2. The van der Waals surface area contributed by atoms with Crippen LogP contribution in [0.2, 0.25) is 10.0 Å². The Kier molecular flexibility index (Phi) is 5.35. The highest BCUT2D eigenvalue weighted by Crippen LogP contribution is 2.24. The number of fused-ring (bicyclic) bond motifs is 1. The number of carbonyl (C=O) groups excluding carboxylic acids is 1. The maximum atomic E-state index is 12.9. The first-order valence-electron chi connectivity index (χ1n) is 10.0. The molecular formula is C22H18Cl2N8O. The van der Waals surface area contributed by atoms with Crippen LogP contribution in [0.5, 0.6) is 0 Å². The summed E-state index contributed by atoms with van der Waals surface area (Å²) in [5.41, 5.74) is 4.40. The van der Waals surface area contributed by atoms with Crippen molar-refractivity contribution in [2.45, 2.75) is 13.5 Å². The summed E-state index contributed by atoms with van der Waals surface area (Å²) in [7, 11) is 1.87. The molecule has 0 aliphatic heterocycles. The highest BCUT2D eigenvalue weighted by atomic mass is 35.5. The largest absolute Gasteiger partial charge is 0.302 e. The third-order valence-corrected chi connectivity index (χ3v) is 5.84. The van der Waals surface area contributed by atoms with Gasteiger partial charge in [0.15, 0.2) is 17.2 Å². The van der Waals surface area contributed by atoms with Crippen LogP contribution >= 0.6 is 23.2 Å². The standard InChI is InChI=1S/C22H18Cl2N8O/c1-13-16(10-26-30(13)2)19-7-8-25-20-9-18(28-32(19)20)22(33)27-21-17(24)12-31(29-21)11-14-3-5-15(23)6-4-14/h3-10,12H,11H2,1-2H3,(H,27,29,33). The van der Waals surface area contributed by atoms with E-state index >= 15 is 0 Å². The van der Waals surface area contributed by atoms with E-state index in [1.807, 2.05) is 44.3 Å². The summed E-state index contributed by atoms with van der Waals surface area (Å²) in [6.07, 6.45) is 5.09. The quantitative estimate of drug-likeness (QED) is 0.405. The molecule has 4 heterocycles. The van der Waals surface area contributed by atoms with Gasteiger partial charge in [-0.2, -0.15) is 15.3 Å². The van der Waals surface area contributed by atoms with Crippen molar-refractivity contribution in [1.82, 2.24) is 34.2 Å². The molecule has 1 aromatic carbocycles. The molecule has 0 fully saturated rings. The molecule has 0 atom stereocenters. The van der Waals surface area contributed by atoms with Crippen LogP contribution in [0.15, 0.2) is 55.0 Å². The van der Waals surface area contributed by atoms with E-state index in [0.717, 1.165) is 22.5 Å². The van der Waals surface area contributed by atoms with Crippen molar-refractivity contribution in [3.63, 3.8) is 0 Å². The second-order valence-corrected chi connectivity index (χ2v) is 8.34. The lowest BCUT2D eigenvalue weighted by Gasteiger charge is -2.04. The van der Waals surface area contributed by atoms with Gasteiger partial charge in [-0.05, 0) is 30.7 Å². The molecule has 5 aromatic rings. The molecule has 1 amide bonds. The molecule has 0 aliphatic carbocycles. The second-order valence-electron chi connectivity index (χ2n) is 7.50. The summed E-state index contributed by atoms with van der Waals surface area (Å²) in [5.74, 6) is -0.183. The number of aromatic nitrogens is 7. The van der Waals surface area contributed by atoms with Crippen LogP contribution in [-0.2, 0) is 13.6 Å². The van der Waals surface area contributed by atoms with Crippen LogP contribution in [-0.4, -0.2) is 40.1 Å². The Morgan fingerprint density at radius 2 is 1.91 bits per heavy atom. The number of rotatable bonds is 5. The molecule has 0 radical (unpaired) electrons. The van der Waals surface area contributed by atoms with Crippen molar-refractivity contribution in [3.8, 4) is 11.3 Å². The first-order chi connectivity index (χ1) is 15.9. The lowest BCUT2D eigenvalue weighted by Crippen LogP contribution is -2.14. The molecular weight excluding hydrogens is 463 g/mol. The molecule has 0 bridgehead atoms. The first kappa shape index (κ1) is 21.2. The summed E-state index contributed by atoms with van der Waals surface area (Å²) in [5, 5.41) is 16.9. The Labute approximate surface area is 198 Å². The van der Waals surface area contributed by atoms with Gasteiger partial charge in [-0.3, -0.25) is 14.2 Å². The summed E-state index contributed by atoms with van der Waals surface area (Å²) in [6.45, 7) is 2.45. The van der Waals surface area contributed by atoms with Gasteiger partial charge < -0.3 is 5.32 Å². The SMILES string of the molecule is Cc1c(-c2ccnc3cc(C(=O)Nc4nn(Cc5ccc(Cl)cc5)cc4Cl)nn23)cnn1C. The Balaban J connectivity index is 1.40. The smallest absolute Gasteiger partial charge is 0.277 e. The molecule has 11 heteroatoms. The van der Waals surface area contributed by atoms with E-state index in [1.54, 1.807) is 38.5 Å². The van der Waals surface area contributed by atoms with Crippen LogP contribution in [0.3, 0.4) is 0 Å². The molecule has 0 unspecified atom stereocenters. The van der Waals surface area contributed by atoms with Gasteiger partial charge in [-0.1, -0.05) is 35.3 Å². The van der Waals surface area contributed by atoms with Gasteiger partial charge in [0.1, 0.15) is 5.02 Å². The van der Waals surface area contributed by atoms with Crippen molar-refractivity contribution in [3.05, 3.63) is 82.0 Å². The maximum absolute atomic E-state index is 12.9. The number of nitrogens with zero attached hydrogens (tertiary/aromatic N) is 7. The predicted octanol–water partition coefficient (Wildman–Crippen LogP) is 4.24. The van der Waals surface area contributed by atoms with Crippen molar-refractivity contribution in [1.29, 1.82) is 0 Å². The van der Waals surface area contributed by atoms with Crippen LogP contribution in [0.4, 0.5) is 5.82 Å². The average molecular weight is 481 g/mol. The van der Waals surface area contributed by atoms with Crippen molar-refractivity contribution in [2.75, 3.05) is 5.32 Å². The highest BCUT2D eigenvalue weighted by molar-refractivity contribution is 6.33. The third-order valence-electron chi connectivity index (χ3n) is 5.31. The Morgan fingerprint density at radius 3 is 2.64 bits per heavy atom. The van der Waals surface area contributed by atoms with E-state index in [9.17, 15) is 4.79 Å². The van der Waals surface area contributed by atoms with E-state index in [1.165, 1.54) is 0 Å². The third kappa shape index (κ3) is 4.08. The van der Waals surface area contributed by atoms with Gasteiger partial charge >= 0.3 is 0 Å². The molecule has 0 saturated carbocycles. The summed E-state index contributed by atoms with van der Waals surface area (Å²) < 4.78 is 5.05. The zero-order valence-electron chi connectivity index (χ0n) is 17.7. The lowest BCUT2D eigenvalue weighted by molar-refractivity contribution is 0.102. The van der Waals surface area contributed by atoms with Gasteiger partial charge in [-0.15, -0.1) is 0 Å². The molecule has 166 valence electrons. The minimum Gasteiger partial charge on any atom is -0.302 e. The number of carbonyl (C=O) groups is 1. The van der Waals surface area contributed by atoms with Gasteiger partial charge in [0.2, 0.25) is 0 Å². The number of amides is 1. The zero-order valence-corrected chi connectivity index (χ0v) is 19.2. The zero-order chi connectivity index (χ0) is 23.1. The number of hydrogen-bond donors (Lipinski definition) is 1. The Bertz CT molecular complexity index is 1480. The Morgan fingerprint density at radius 1 is 1.12 bits per heavy atom. The monoisotopic (exact) mass is 480 g/mol. The van der Waals surface area contributed by atoms with Crippen molar-refractivity contribution < 1.29 is 4.79 Å². The van der Waals surface area contributed by atoms with Gasteiger partial charge in [0, 0.05) is 41.8 Å². The van der Waals surface area contributed by atoms with E-state index < -0.39 is 5.91 Å². The number of nitrogens with one attached hydrogen (secondary N) is 1. The van der Waals surface area contributed by atoms with E-state index in [4.69, 9.17) is 23.2 Å². The number of hydrogen-bond acceptors (Lipinski definition) is 5. The minimum absolute atomic E-state index is 0.194. The molecule has 1 N–H and O–H groups in total. The van der Waals surface area contributed by atoms with Crippen LogP contribution in [0.25, 0.3) is 16.9 Å². The Hall–Kier alpha value is -3.69. The first-order valence-corrected chi connectivity index (χ1v) is 10.8. The average Bonchev–Trinajstić information content (AvgIpc) is 3.47. The van der Waals surface area contributed by atoms with Crippen LogP contribution < -0.4 is 5.32 Å². The fraction of sp³-hybridized carbons (Fsp3) is 0.136. The van der Waals surface area contributed by atoms with E-state index in [0.29, 0.717) is 22.2 Å². The number of benzene rings is 1. The van der Waals surface area contributed by atoms with Crippen molar-refractivity contribution in [2.24, 2.45) is 7.05 Å². The number of aryl methyl sites for hydroxylation is 1. The fourth-order valence-electron chi connectivity index (χ4n) is 3.47. The van der Waals surface area contributed by atoms with E-state index in [-0.39, 0.29) is 11.5 Å². The highest BCUT2D eigenvalue weighted by Gasteiger charge is 2.18. The molecule has 0 aliphatic rings. The summed E-state index contributed by atoms with van der Waals surface area (Å²) in [4.78, 5) is 17.2. The molecule has 9 nitrogen and oxygen atoms in total. The molecule has 0 saturated heterocycles. The van der Waals surface area contributed by atoms with Gasteiger partial charge in [-0.25, -0.2) is 9.50 Å². The van der Waals surface area contributed by atoms with Gasteiger partial charge in [0.05, 0.1) is 18.4 Å². The summed E-state index contributed by atoms with van der Waals surface area (Å²) in [6, 6.07) is 10.9. The summed E-state index contributed by atoms with van der Waals surface area (Å²) >= 11 is 12.2. The number of anilines is 1. The molecule has 0 spiro atoms. The second kappa shape index (κ2) is 8.34. The topological polar surface area (TPSA) is 94.9 Å². The van der Waals surface area contributed by atoms with E-state index in [2.05, 4.69) is 25.6 Å².